The zero-order valence-corrected chi connectivity index (χ0v) is 10.7. The molecule has 1 heterocycles. The maximum atomic E-state index is 13.9. The van der Waals surface area contributed by atoms with E-state index in [1.54, 1.807) is 18.3 Å². The fourth-order valence-electron chi connectivity index (χ4n) is 2.47. The predicted octanol–water partition coefficient (Wildman–Crippen LogP) is 2.60. The van der Waals surface area contributed by atoms with Crippen LogP contribution in [0.15, 0.2) is 24.4 Å². The van der Waals surface area contributed by atoms with E-state index in [0.29, 0.717) is 22.9 Å². The minimum absolute atomic E-state index is 0.354. The van der Waals surface area contributed by atoms with E-state index in [0.717, 1.165) is 6.42 Å². The van der Waals surface area contributed by atoms with Crippen molar-refractivity contribution in [2.45, 2.75) is 31.7 Å². The molecule has 2 atom stereocenters. The van der Waals surface area contributed by atoms with E-state index in [2.05, 4.69) is 4.98 Å². The van der Waals surface area contributed by atoms with E-state index in [9.17, 15) is 9.18 Å². The van der Waals surface area contributed by atoms with Gasteiger partial charge in [0.25, 0.3) is 0 Å². The molecule has 102 valence electrons. The molecule has 0 spiro atoms. The van der Waals surface area contributed by atoms with Crippen LogP contribution < -0.4 is 5.73 Å². The topological polar surface area (TPSA) is 79.1 Å². The number of rotatable bonds is 5. The molecule has 0 aliphatic heterocycles. The van der Waals surface area contributed by atoms with E-state index >= 15 is 0 Å². The van der Waals surface area contributed by atoms with Gasteiger partial charge in [0, 0.05) is 23.0 Å². The van der Waals surface area contributed by atoms with Crippen LogP contribution in [0.4, 0.5) is 4.39 Å². The fourth-order valence-corrected chi connectivity index (χ4v) is 2.47. The van der Waals surface area contributed by atoms with Crippen LogP contribution in [0.5, 0.6) is 0 Å². The number of halogens is 1. The smallest absolute Gasteiger partial charge is 0.321 e. The highest BCUT2D eigenvalue weighted by molar-refractivity contribution is 5.86. The molecule has 0 saturated heterocycles. The average Bonchev–Trinajstić information content (AvgIpc) is 2.80. The molecular weight excluding hydrogens is 247 g/mol. The highest BCUT2D eigenvalue weighted by Gasteiger charge is 2.28. The summed E-state index contributed by atoms with van der Waals surface area (Å²) in [7, 11) is 0. The minimum atomic E-state index is -1.07. The molecule has 5 heteroatoms. The van der Waals surface area contributed by atoms with Crippen molar-refractivity contribution in [3.63, 3.8) is 0 Å². The van der Waals surface area contributed by atoms with Crippen LogP contribution >= 0.6 is 0 Å². The van der Waals surface area contributed by atoms with Gasteiger partial charge in [-0.05, 0) is 24.1 Å². The van der Waals surface area contributed by atoms with E-state index < -0.39 is 17.9 Å². The Bertz CT molecular complexity index is 594. The Labute approximate surface area is 110 Å². The zero-order valence-electron chi connectivity index (χ0n) is 10.7. The quantitative estimate of drug-likeness (QED) is 0.776. The molecule has 2 aromatic rings. The summed E-state index contributed by atoms with van der Waals surface area (Å²) in [6.07, 6.45) is 3.05. The Balaban J connectivity index is 2.53. The van der Waals surface area contributed by atoms with Gasteiger partial charge in [-0.25, -0.2) is 4.39 Å². The molecule has 4 nitrogen and oxygen atoms in total. The molecule has 0 aliphatic carbocycles. The number of carboxylic acids is 1. The van der Waals surface area contributed by atoms with E-state index in [4.69, 9.17) is 10.8 Å². The second-order valence-electron chi connectivity index (χ2n) is 4.67. The molecule has 19 heavy (non-hydrogen) atoms. The summed E-state index contributed by atoms with van der Waals surface area (Å²) in [5.41, 5.74) is 7.05. The monoisotopic (exact) mass is 264 g/mol. The molecule has 2 rings (SSSR count). The molecule has 4 N–H and O–H groups in total. The first-order valence-electron chi connectivity index (χ1n) is 6.30. The van der Waals surface area contributed by atoms with Gasteiger partial charge in [0.2, 0.25) is 0 Å². The number of fused-ring (bicyclic) bond motifs is 1. The van der Waals surface area contributed by atoms with Crippen molar-refractivity contribution in [2.75, 3.05) is 0 Å². The summed E-state index contributed by atoms with van der Waals surface area (Å²) in [6, 6.07) is 3.72. The first kappa shape index (κ1) is 13.5. The maximum Gasteiger partial charge on any atom is 0.321 e. The van der Waals surface area contributed by atoms with Gasteiger partial charge < -0.3 is 15.8 Å². The first-order valence-corrected chi connectivity index (χ1v) is 6.30. The summed E-state index contributed by atoms with van der Waals surface area (Å²) in [5, 5.41) is 9.53. The van der Waals surface area contributed by atoms with Gasteiger partial charge in [0.1, 0.15) is 11.9 Å². The molecule has 0 radical (unpaired) electrons. The maximum absolute atomic E-state index is 13.9. The lowest BCUT2D eigenvalue weighted by Crippen LogP contribution is -2.36. The Kier molecular flexibility index (Phi) is 3.85. The van der Waals surface area contributed by atoms with Crippen LogP contribution in [-0.2, 0) is 4.79 Å². The predicted molar refractivity (Wildman–Crippen MR) is 71.5 cm³/mol. The van der Waals surface area contributed by atoms with Crippen LogP contribution in [0, 0.1) is 5.82 Å². The van der Waals surface area contributed by atoms with Gasteiger partial charge in [0.05, 0.1) is 0 Å². The number of carbonyl (C=O) groups is 1. The Morgan fingerprint density at radius 2 is 2.26 bits per heavy atom. The second kappa shape index (κ2) is 5.40. The molecule has 0 fully saturated rings. The Morgan fingerprint density at radius 3 is 2.89 bits per heavy atom. The molecule has 0 saturated carbocycles. The number of hydrogen-bond donors (Lipinski definition) is 3. The largest absolute Gasteiger partial charge is 0.480 e. The number of nitrogens with two attached hydrogens (primary N) is 1. The number of aliphatic carboxylic acids is 1. The lowest BCUT2D eigenvalue weighted by molar-refractivity contribution is -0.139. The highest BCUT2D eigenvalue weighted by Crippen LogP contribution is 2.32. The molecule has 1 aromatic carbocycles. The van der Waals surface area contributed by atoms with Crippen LogP contribution in [0.1, 0.15) is 31.2 Å². The van der Waals surface area contributed by atoms with Crippen molar-refractivity contribution in [1.82, 2.24) is 4.98 Å². The normalized spacial score (nSPS) is 14.5. The lowest BCUT2D eigenvalue weighted by Gasteiger charge is -2.20. The molecule has 0 aliphatic rings. The minimum Gasteiger partial charge on any atom is -0.480 e. The summed E-state index contributed by atoms with van der Waals surface area (Å²) in [6.45, 7) is 1.95. The third kappa shape index (κ3) is 2.46. The van der Waals surface area contributed by atoms with Crippen LogP contribution in [0.2, 0.25) is 0 Å². The lowest BCUT2D eigenvalue weighted by atomic mass is 9.87. The molecule has 2 unspecified atom stereocenters. The van der Waals surface area contributed by atoms with Crippen LogP contribution in [0.25, 0.3) is 10.9 Å². The van der Waals surface area contributed by atoms with Crippen molar-refractivity contribution in [1.29, 1.82) is 0 Å². The molecular formula is C14H17FN2O2. The Hall–Kier alpha value is -1.88. The van der Waals surface area contributed by atoms with Crippen LogP contribution in [0.3, 0.4) is 0 Å². The highest BCUT2D eigenvalue weighted by atomic mass is 19.1. The fraction of sp³-hybridized carbons (Fsp3) is 0.357. The van der Waals surface area contributed by atoms with Crippen LogP contribution in [-0.4, -0.2) is 22.1 Å². The second-order valence-corrected chi connectivity index (χ2v) is 4.67. The van der Waals surface area contributed by atoms with Gasteiger partial charge in [-0.3, -0.25) is 4.79 Å². The van der Waals surface area contributed by atoms with E-state index in [1.165, 1.54) is 6.07 Å². The number of benzene rings is 1. The average molecular weight is 264 g/mol. The number of H-pyrrole nitrogens is 1. The SMILES string of the molecule is CCCC(c1c[nH]c2cccc(F)c12)C(N)C(=O)O. The van der Waals surface area contributed by atoms with Crippen molar-refractivity contribution >= 4 is 16.9 Å². The van der Waals surface area contributed by atoms with Gasteiger partial charge in [-0.1, -0.05) is 19.4 Å². The third-order valence-corrected chi connectivity index (χ3v) is 3.40. The van der Waals surface area contributed by atoms with E-state index in [-0.39, 0.29) is 5.82 Å². The number of nitrogens with one attached hydrogen (secondary N) is 1. The van der Waals surface area contributed by atoms with Crippen molar-refractivity contribution in [3.05, 3.63) is 35.8 Å². The van der Waals surface area contributed by atoms with Gasteiger partial charge in [0.15, 0.2) is 0 Å². The van der Waals surface area contributed by atoms with Crippen molar-refractivity contribution in [3.8, 4) is 0 Å². The first-order chi connectivity index (χ1) is 9.06. The van der Waals surface area contributed by atoms with Crippen molar-refractivity contribution < 1.29 is 14.3 Å². The molecule has 1 aromatic heterocycles. The summed E-state index contributed by atoms with van der Waals surface area (Å²) >= 11 is 0. The summed E-state index contributed by atoms with van der Waals surface area (Å²) < 4.78 is 13.9. The summed E-state index contributed by atoms with van der Waals surface area (Å²) in [5.74, 6) is -1.82. The van der Waals surface area contributed by atoms with E-state index in [1.807, 2.05) is 6.92 Å². The molecule has 0 bridgehead atoms. The summed E-state index contributed by atoms with van der Waals surface area (Å²) in [4.78, 5) is 14.1. The number of hydrogen-bond acceptors (Lipinski definition) is 2. The van der Waals surface area contributed by atoms with Gasteiger partial charge >= 0.3 is 5.97 Å². The number of aromatic amines is 1. The van der Waals surface area contributed by atoms with Gasteiger partial charge in [-0.2, -0.15) is 0 Å². The zero-order chi connectivity index (χ0) is 14.0. The number of carboxylic acid groups (broad SMARTS) is 1. The Morgan fingerprint density at radius 1 is 1.53 bits per heavy atom. The third-order valence-electron chi connectivity index (χ3n) is 3.40. The van der Waals surface area contributed by atoms with Gasteiger partial charge in [-0.15, -0.1) is 0 Å². The van der Waals surface area contributed by atoms with Crippen molar-refractivity contribution in [2.24, 2.45) is 5.73 Å². The number of aromatic nitrogens is 1. The molecule has 0 amide bonds. The standard InChI is InChI=1S/C14H17FN2O2/c1-2-4-8(13(16)14(18)19)9-7-17-11-6-3-5-10(15)12(9)11/h3,5-8,13,17H,2,4,16H2,1H3,(H,18,19).